The highest BCUT2D eigenvalue weighted by atomic mass is 32.1. The Morgan fingerprint density at radius 2 is 1.80 bits per heavy atom. The molecule has 2 atom stereocenters. The number of carbonyl (C=O) groups excluding carboxylic acids is 2. The molecule has 3 aromatic rings. The third kappa shape index (κ3) is 5.59. The third-order valence-electron chi connectivity index (χ3n) is 6.52. The Bertz CT molecular complexity index is 1110. The van der Waals surface area contributed by atoms with Gasteiger partial charge in [-0.05, 0) is 54.5 Å². The van der Waals surface area contributed by atoms with E-state index in [1.165, 1.54) is 5.69 Å². The second kappa shape index (κ2) is 11.5. The molecule has 0 saturated carbocycles. The van der Waals surface area contributed by atoms with Crippen LogP contribution in [0.3, 0.4) is 0 Å². The third-order valence-corrected chi connectivity index (χ3v) is 7.47. The highest BCUT2D eigenvalue weighted by Gasteiger charge is 2.44. The van der Waals surface area contributed by atoms with Crippen molar-refractivity contribution in [2.24, 2.45) is 5.92 Å². The molecule has 2 heterocycles. The molecule has 6 heteroatoms. The van der Waals surface area contributed by atoms with Gasteiger partial charge in [0, 0.05) is 42.3 Å². The Balaban J connectivity index is 1.54. The lowest BCUT2D eigenvalue weighted by atomic mass is 9.81. The number of nitrogens with one attached hydrogen (secondary N) is 1. The Kier molecular flexibility index (Phi) is 8.24. The minimum absolute atomic E-state index is 0.0122. The van der Waals surface area contributed by atoms with Gasteiger partial charge in [0.25, 0.3) is 5.91 Å². The normalized spacial score (nSPS) is 17.4. The lowest BCUT2D eigenvalue weighted by molar-refractivity contribution is -0.124. The molecule has 4 rings (SSSR count). The highest BCUT2D eigenvalue weighted by Crippen LogP contribution is 2.44. The van der Waals surface area contributed by atoms with Crippen molar-refractivity contribution >= 4 is 28.8 Å². The summed E-state index contributed by atoms with van der Waals surface area (Å²) in [5.41, 5.74) is 2.67. The standard InChI is InChI=1S/C29H35N3O2S/c1-4-31(22-12-6-5-7-13-22)18-11-17-30-28(33)26-23-14-8-9-15-24(23)29(34)32(20-21(2)3)27(26)25-16-10-19-35-25/h5-10,12-16,19,21,26-27H,4,11,17-18,20H2,1-3H3,(H,30,33)/t26-,27+/m0/s1. The predicted octanol–water partition coefficient (Wildman–Crippen LogP) is 5.72. The van der Waals surface area contributed by atoms with Gasteiger partial charge in [0.05, 0.1) is 12.0 Å². The van der Waals surface area contributed by atoms with Crippen LogP contribution in [0.15, 0.2) is 72.1 Å². The average Bonchev–Trinajstić information content (AvgIpc) is 3.40. The zero-order valence-electron chi connectivity index (χ0n) is 20.8. The molecule has 0 bridgehead atoms. The van der Waals surface area contributed by atoms with Gasteiger partial charge in [0.2, 0.25) is 5.91 Å². The second-order valence-electron chi connectivity index (χ2n) is 9.44. The molecule has 5 nitrogen and oxygen atoms in total. The van der Waals surface area contributed by atoms with E-state index in [0.717, 1.165) is 30.0 Å². The van der Waals surface area contributed by atoms with E-state index in [0.29, 0.717) is 24.6 Å². The zero-order valence-corrected chi connectivity index (χ0v) is 21.6. The van der Waals surface area contributed by atoms with Crippen LogP contribution in [0.25, 0.3) is 0 Å². The molecule has 2 amide bonds. The molecule has 0 fully saturated rings. The van der Waals surface area contributed by atoms with Crippen molar-refractivity contribution < 1.29 is 9.59 Å². The van der Waals surface area contributed by atoms with Crippen molar-refractivity contribution in [1.82, 2.24) is 10.2 Å². The molecule has 1 aliphatic rings. The van der Waals surface area contributed by atoms with Crippen LogP contribution in [0.1, 0.15) is 60.0 Å². The molecular weight excluding hydrogens is 454 g/mol. The number of benzene rings is 2. The highest BCUT2D eigenvalue weighted by molar-refractivity contribution is 7.10. The van der Waals surface area contributed by atoms with Crippen LogP contribution in [0.5, 0.6) is 0 Å². The van der Waals surface area contributed by atoms with Gasteiger partial charge >= 0.3 is 0 Å². The molecular formula is C29H35N3O2S. The number of thiophene rings is 1. The molecule has 1 N–H and O–H groups in total. The van der Waals surface area contributed by atoms with Crippen molar-refractivity contribution in [3.8, 4) is 0 Å². The number of rotatable bonds is 10. The van der Waals surface area contributed by atoms with E-state index in [1.807, 2.05) is 52.7 Å². The van der Waals surface area contributed by atoms with Gasteiger partial charge in [0.1, 0.15) is 0 Å². The summed E-state index contributed by atoms with van der Waals surface area (Å²) in [4.78, 5) is 32.5. The number of anilines is 1. The zero-order chi connectivity index (χ0) is 24.8. The number of carbonyl (C=O) groups is 2. The summed E-state index contributed by atoms with van der Waals surface area (Å²) in [6.07, 6.45) is 0.848. The first-order chi connectivity index (χ1) is 17.0. The summed E-state index contributed by atoms with van der Waals surface area (Å²) in [6.45, 7) is 9.37. The maximum absolute atomic E-state index is 13.7. The maximum atomic E-state index is 13.7. The van der Waals surface area contributed by atoms with Crippen molar-refractivity contribution in [3.05, 3.63) is 88.1 Å². The van der Waals surface area contributed by atoms with Gasteiger partial charge < -0.3 is 15.1 Å². The van der Waals surface area contributed by atoms with E-state index in [1.54, 1.807) is 11.3 Å². The molecule has 0 spiro atoms. The number of hydrogen-bond donors (Lipinski definition) is 1. The SMILES string of the molecule is CCN(CCCNC(=O)[C@H]1c2ccccc2C(=O)N(CC(C)C)[C@@H]1c1cccs1)c1ccccc1. The van der Waals surface area contributed by atoms with Gasteiger partial charge in [0.15, 0.2) is 0 Å². The van der Waals surface area contributed by atoms with Gasteiger partial charge in [-0.3, -0.25) is 9.59 Å². The monoisotopic (exact) mass is 489 g/mol. The fourth-order valence-electron chi connectivity index (χ4n) is 4.95. The van der Waals surface area contributed by atoms with E-state index in [9.17, 15) is 9.59 Å². The van der Waals surface area contributed by atoms with Crippen LogP contribution < -0.4 is 10.2 Å². The van der Waals surface area contributed by atoms with E-state index in [4.69, 9.17) is 0 Å². The van der Waals surface area contributed by atoms with Gasteiger partial charge in [-0.15, -0.1) is 11.3 Å². The maximum Gasteiger partial charge on any atom is 0.254 e. The van der Waals surface area contributed by atoms with E-state index >= 15 is 0 Å². The van der Waals surface area contributed by atoms with Crippen LogP contribution in [0.4, 0.5) is 5.69 Å². The largest absolute Gasteiger partial charge is 0.372 e. The molecule has 0 radical (unpaired) electrons. The van der Waals surface area contributed by atoms with E-state index in [-0.39, 0.29) is 17.9 Å². The lowest BCUT2D eigenvalue weighted by Gasteiger charge is -2.42. The molecule has 1 aliphatic heterocycles. The first-order valence-corrected chi connectivity index (χ1v) is 13.4. The minimum atomic E-state index is -0.433. The minimum Gasteiger partial charge on any atom is -0.372 e. The number of hydrogen-bond acceptors (Lipinski definition) is 4. The van der Waals surface area contributed by atoms with Crippen molar-refractivity contribution in [2.45, 2.75) is 39.2 Å². The van der Waals surface area contributed by atoms with Crippen LogP contribution in [-0.4, -0.2) is 42.9 Å². The molecule has 0 unspecified atom stereocenters. The van der Waals surface area contributed by atoms with Crippen LogP contribution in [-0.2, 0) is 4.79 Å². The fraction of sp³-hybridized carbons (Fsp3) is 0.379. The topological polar surface area (TPSA) is 52.7 Å². The van der Waals surface area contributed by atoms with E-state index < -0.39 is 5.92 Å². The Labute approximate surface area is 212 Å². The first-order valence-electron chi connectivity index (χ1n) is 12.5. The predicted molar refractivity (Wildman–Crippen MR) is 144 cm³/mol. The fourth-order valence-corrected chi connectivity index (χ4v) is 5.82. The summed E-state index contributed by atoms with van der Waals surface area (Å²) in [7, 11) is 0. The summed E-state index contributed by atoms with van der Waals surface area (Å²) >= 11 is 1.61. The van der Waals surface area contributed by atoms with Gasteiger partial charge in [-0.1, -0.05) is 56.3 Å². The van der Waals surface area contributed by atoms with Crippen LogP contribution in [0, 0.1) is 5.92 Å². The molecule has 184 valence electrons. The molecule has 2 aromatic carbocycles. The van der Waals surface area contributed by atoms with Crippen LogP contribution in [0.2, 0.25) is 0 Å². The number of amides is 2. The Morgan fingerprint density at radius 1 is 1.06 bits per heavy atom. The van der Waals surface area contributed by atoms with E-state index in [2.05, 4.69) is 55.3 Å². The molecule has 0 aliphatic carbocycles. The summed E-state index contributed by atoms with van der Waals surface area (Å²) in [5.74, 6) is -0.135. The summed E-state index contributed by atoms with van der Waals surface area (Å²) in [6, 6.07) is 21.7. The molecule has 1 aromatic heterocycles. The van der Waals surface area contributed by atoms with Crippen molar-refractivity contribution in [3.63, 3.8) is 0 Å². The number of para-hydroxylation sites is 1. The smallest absolute Gasteiger partial charge is 0.254 e. The second-order valence-corrected chi connectivity index (χ2v) is 10.4. The lowest BCUT2D eigenvalue weighted by Crippen LogP contribution is -2.48. The van der Waals surface area contributed by atoms with Gasteiger partial charge in [-0.2, -0.15) is 0 Å². The van der Waals surface area contributed by atoms with Gasteiger partial charge in [-0.25, -0.2) is 0 Å². The van der Waals surface area contributed by atoms with Crippen LogP contribution >= 0.6 is 11.3 Å². The van der Waals surface area contributed by atoms with Crippen molar-refractivity contribution in [1.29, 1.82) is 0 Å². The van der Waals surface area contributed by atoms with Crippen molar-refractivity contribution in [2.75, 3.05) is 31.1 Å². The quantitative estimate of drug-likeness (QED) is 0.371. The molecule has 35 heavy (non-hydrogen) atoms. The summed E-state index contributed by atoms with van der Waals surface area (Å²) in [5, 5.41) is 5.23. The average molecular weight is 490 g/mol. The summed E-state index contributed by atoms with van der Waals surface area (Å²) < 4.78 is 0. The Morgan fingerprint density at radius 3 is 2.49 bits per heavy atom. The number of fused-ring (bicyclic) bond motifs is 1. The first kappa shape index (κ1) is 25.0. The number of nitrogens with zero attached hydrogens (tertiary/aromatic N) is 2. The Hall–Kier alpha value is -3.12. The molecule has 0 saturated heterocycles.